The van der Waals surface area contributed by atoms with Gasteiger partial charge in [0, 0.05) is 13.0 Å². The van der Waals surface area contributed by atoms with E-state index >= 15 is 0 Å². The highest BCUT2D eigenvalue weighted by Crippen LogP contribution is 2.27. The van der Waals surface area contributed by atoms with Gasteiger partial charge in [-0.05, 0) is 25.7 Å². The molecule has 0 aromatic heterocycles. The van der Waals surface area contributed by atoms with Crippen LogP contribution in [0.1, 0.15) is 32.1 Å². The number of methoxy groups -OCH3 is 1. The van der Waals surface area contributed by atoms with Gasteiger partial charge in [0.15, 0.2) is 0 Å². The second kappa shape index (κ2) is 5.10. The molecule has 0 heterocycles. The standard InChI is InChI=1S/C10H16O4/c1-14-8-4-2-7(3-5-8)9(11)6-10(12)13/h7-8H,2-6H2,1H3,(H,12,13). The van der Waals surface area contributed by atoms with E-state index in [-0.39, 0.29) is 24.2 Å². The molecule has 0 aliphatic heterocycles. The third-order valence-corrected chi connectivity index (χ3v) is 2.79. The fourth-order valence-electron chi connectivity index (χ4n) is 1.91. The molecule has 0 spiro atoms. The molecule has 1 N–H and O–H groups in total. The van der Waals surface area contributed by atoms with Gasteiger partial charge in [0.2, 0.25) is 0 Å². The first kappa shape index (κ1) is 11.2. The number of hydrogen-bond acceptors (Lipinski definition) is 3. The van der Waals surface area contributed by atoms with Gasteiger partial charge < -0.3 is 9.84 Å². The average molecular weight is 200 g/mol. The van der Waals surface area contributed by atoms with E-state index in [9.17, 15) is 9.59 Å². The summed E-state index contributed by atoms with van der Waals surface area (Å²) < 4.78 is 5.17. The summed E-state index contributed by atoms with van der Waals surface area (Å²) in [6.07, 6.45) is 3.19. The molecule has 0 unspecified atom stereocenters. The van der Waals surface area contributed by atoms with E-state index in [1.165, 1.54) is 0 Å². The summed E-state index contributed by atoms with van der Waals surface area (Å²) in [5, 5.41) is 8.47. The van der Waals surface area contributed by atoms with E-state index < -0.39 is 5.97 Å². The van der Waals surface area contributed by atoms with E-state index in [1.54, 1.807) is 7.11 Å². The first-order valence-corrected chi connectivity index (χ1v) is 4.90. The number of ketones is 1. The fraction of sp³-hybridized carbons (Fsp3) is 0.800. The molecular weight excluding hydrogens is 184 g/mol. The van der Waals surface area contributed by atoms with Gasteiger partial charge in [-0.15, -0.1) is 0 Å². The molecule has 1 aliphatic carbocycles. The number of carbonyl (C=O) groups excluding carboxylic acids is 1. The van der Waals surface area contributed by atoms with Crippen LogP contribution in [-0.2, 0) is 14.3 Å². The molecule has 0 atom stereocenters. The molecule has 80 valence electrons. The minimum absolute atomic E-state index is 0.0579. The Morgan fingerprint density at radius 2 is 1.86 bits per heavy atom. The monoisotopic (exact) mass is 200 g/mol. The van der Waals surface area contributed by atoms with Gasteiger partial charge in [-0.25, -0.2) is 0 Å². The van der Waals surface area contributed by atoms with Gasteiger partial charge in [0.1, 0.15) is 12.2 Å². The number of carboxylic acid groups (broad SMARTS) is 1. The first-order chi connectivity index (χ1) is 6.63. The second-order valence-electron chi connectivity index (χ2n) is 3.75. The summed E-state index contributed by atoms with van der Waals surface area (Å²) in [4.78, 5) is 21.7. The Bertz CT molecular complexity index is 216. The SMILES string of the molecule is COC1CCC(C(=O)CC(=O)O)CC1. The van der Waals surface area contributed by atoms with Gasteiger partial charge in [0.25, 0.3) is 0 Å². The van der Waals surface area contributed by atoms with Gasteiger partial charge in [0.05, 0.1) is 6.10 Å². The highest BCUT2D eigenvalue weighted by molar-refractivity contribution is 5.96. The number of Topliss-reactive ketones (excluding diaryl/α,β-unsaturated/α-hetero) is 1. The highest BCUT2D eigenvalue weighted by atomic mass is 16.5. The number of aliphatic carboxylic acids is 1. The topological polar surface area (TPSA) is 63.6 Å². The summed E-state index contributed by atoms with van der Waals surface area (Å²) >= 11 is 0. The minimum atomic E-state index is -1.02. The third-order valence-electron chi connectivity index (χ3n) is 2.79. The van der Waals surface area contributed by atoms with Crippen molar-refractivity contribution < 1.29 is 19.4 Å². The van der Waals surface area contributed by atoms with Crippen LogP contribution >= 0.6 is 0 Å². The van der Waals surface area contributed by atoms with Crippen LogP contribution in [0.4, 0.5) is 0 Å². The second-order valence-corrected chi connectivity index (χ2v) is 3.75. The van der Waals surface area contributed by atoms with E-state index in [1.807, 2.05) is 0 Å². The zero-order valence-corrected chi connectivity index (χ0v) is 8.36. The normalized spacial score (nSPS) is 27.2. The summed E-state index contributed by atoms with van der Waals surface area (Å²) in [5.74, 6) is -1.21. The lowest BCUT2D eigenvalue weighted by atomic mass is 9.84. The molecule has 0 bridgehead atoms. The Balaban J connectivity index is 2.34. The fourth-order valence-corrected chi connectivity index (χ4v) is 1.91. The molecule has 4 heteroatoms. The number of carboxylic acids is 1. The maximum atomic E-state index is 11.4. The number of rotatable bonds is 4. The van der Waals surface area contributed by atoms with Crippen LogP contribution in [0.25, 0.3) is 0 Å². The summed E-state index contributed by atoms with van der Waals surface area (Å²) in [5.41, 5.74) is 0. The zero-order valence-electron chi connectivity index (χ0n) is 8.36. The first-order valence-electron chi connectivity index (χ1n) is 4.90. The zero-order chi connectivity index (χ0) is 10.6. The van der Waals surface area contributed by atoms with Crippen molar-refractivity contribution in [1.29, 1.82) is 0 Å². The molecule has 1 saturated carbocycles. The average Bonchev–Trinajstić information content (AvgIpc) is 2.17. The predicted molar refractivity (Wildman–Crippen MR) is 50.0 cm³/mol. The van der Waals surface area contributed by atoms with Gasteiger partial charge in [-0.3, -0.25) is 9.59 Å². The van der Waals surface area contributed by atoms with Crippen LogP contribution in [-0.4, -0.2) is 30.1 Å². The van der Waals surface area contributed by atoms with Crippen molar-refractivity contribution in [2.45, 2.75) is 38.2 Å². The quantitative estimate of drug-likeness (QED) is 0.693. The van der Waals surface area contributed by atoms with Crippen LogP contribution in [0.3, 0.4) is 0 Å². The van der Waals surface area contributed by atoms with Gasteiger partial charge in [-0.2, -0.15) is 0 Å². The number of carbonyl (C=O) groups is 2. The van der Waals surface area contributed by atoms with Crippen molar-refractivity contribution in [1.82, 2.24) is 0 Å². The lowest BCUT2D eigenvalue weighted by Crippen LogP contribution is -2.26. The van der Waals surface area contributed by atoms with E-state index in [0.29, 0.717) is 0 Å². The Hall–Kier alpha value is -0.900. The highest BCUT2D eigenvalue weighted by Gasteiger charge is 2.26. The number of ether oxygens (including phenoxy) is 1. The molecule has 0 amide bonds. The largest absolute Gasteiger partial charge is 0.481 e. The van der Waals surface area contributed by atoms with Crippen LogP contribution < -0.4 is 0 Å². The van der Waals surface area contributed by atoms with Crippen LogP contribution in [0, 0.1) is 5.92 Å². The Morgan fingerprint density at radius 1 is 1.29 bits per heavy atom. The molecule has 1 rings (SSSR count). The maximum Gasteiger partial charge on any atom is 0.310 e. The molecule has 4 nitrogen and oxygen atoms in total. The summed E-state index contributed by atoms with van der Waals surface area (Å²) in [6.45, 7) is 0. The third kappa shape index (κ3) is 3.10. The van der Waals surface area contributed by atoms with Crippen LogP contribution in [0.2, 0.25) is 0 Å². The molecule has 14 heavy (non-hydrogen) atoms. The van der Waals surface area contributed by atoms with Crippen molar-refractivity contribution in [3.63, 3.8) is 0 Å². The van der Waals surface area contributed by atoms with Crippen molar-refractivity contribution in [2.75, 3.05) is 7.11 Å². The lowest BCUT2D eigenvalue weighted by molar-refractivity contribution is -0.141. The maximum absolute atomic E-state index is 11.4. The van der Waals surface area contributed by atoms with Crippen molar-refractivity contribution >= 4 is 11.8 Å². The molecule has 1 fully saturated rings. The van der Waals surface area contributed by atoms with Crippen LogP contribution in [0.15, 0.2) is 0 Å². The summed E-state index contributed by atoms with van der Waals surface area (Å²) in [7, 11) is 1.67. The summed E-state index contributed by atoms with van der Waals surface area (Å²) in [6, 6.07) is 0. The van der Waals surface area contributed by atoms with E-state index in [2.05, 4.69) is 0 Å². The smallest absolute Gasteiger partial charge is 0.310 e. The van der Waals surface area contributed by atoms with Crippen molar-refractivity contribution in [3.05, 3.63) is 0 Å². The number of hydrogen-bond donors (Lipinski definition) is 1. The molecule has 0 aromatic carbocycles. The molecule has 0 aromatic rings. The Morgan fingerprint density at radius 3 is 2.29 bits per heavy atom. The Labute approximate surface area is 83.2 Å². The van der Waals surface area contributed by atoms with E-state index in [0.717, 1.165) is 25.7 Å². The van der Waals surface area contributed by atoms with Gasteiger partial charge in [-0.1, -0.05) is 0 Å². The van der Waals surface area contributed by atoms with Crippen LogP contribution in [0.5, 0.6) is 0 Å². The molecule has 0 radical (unpaired) electrons. The Kier molecular flexibility index (Phi) is 4.07. The molecular formula is C10H16O4. The van der Waals surface area contributed by atoms with E-state index in [4.69, 9.17) is 9.84 Å². The predicted octanol–water partition coefficient (Wildman–Crippen LogP) is 1.24. The van der Waals surface area contributed by atoms with Crippen molar-refractivity contribution in [3.8, 4) is 0 Å². The molecule has 1 aliphatic rings. The molecule has 0 saturated heterocycles. The minimum Gasteiger partial charge on any atom is -0.481 e. The van der Waals surface area contributed by atoms with Crippen molar-refractivity contribution in [2.24, 2.45) is 5.92 Å². The van der Waals surface area contributed by atoms with Gasteiger partial charge >= 0.3 is 5.97 Å². The lowest BCUT2D eigenvalue weighted by Gasteiger charge is -2.26.